The second-order valence-corrected chi connectivity index (χ2v) is 4.81. The minimum atomic E-state index is -0.913. The molecule has 2 N–H and O–H groups in total. The van der Waals surface area contributed by atoms with Crippen LogP contribution in [0.15, 0.2) is 28.2 Å². The number of carboxylic acid groups (broad SMARTS) is 1. The van der Waals surface area contributed by atoms with Crippen molar-refractivity contribution in [2.45, 2.75) is 32.6 Å². The van der Waals surface area contributed by atoms with Crippen molar-refractivity contribution in [3.63, 3.8) is 0 Å². The first-order chi connectivity index (χ1) is 9.04. The topological polar surface area (TPSA) is 79.5 Å². The Morgan fingerprint density at radius 2 is 2.05 bits per heavy atom. The van der Waals surface area contributed by atoms with E-state index >= 15 is 0 Å². The standard InChI is InChI=1S/C14H17NO4/c1-9-2-7-12(19-9)15-14(18)11-5-3-10(4-6-11)8-13(16)17/h2,7-8,11H,3-6H2,1H3,(H,15,18)(H,16,17). The first-order valence-corrected chi connectivity index (χ1v) is 6.34. The van der Waals surface area contributed by atoms with Gasteiger partial charge in [0.25, 0.3) is 0 Å². The van der Waals surface area contributed by atoms with Crippen LogP contribution in [0.2, 0.25) is 0 Å². The van der Waals surface area contributed by atoms with Gasteiger partial charge < -0.3 is 9.52 Å². The lowest BCUT2D eigenvalue weighted by Gasteiger charge is -2.22. The van der Waals surface area contributed by atoms with E-state index in [-0.39, 0.29) is 11.8 Å². The molecule has 1 saturated carbocycles. The number of carbonyl (C=O) groups excluding carboxylic acids is 1. The fourth-order valence-corrected chi connectivity index (χ4v) is 2.29. The molecule has 0 aromatic carbocycles. The molecule has 5 heteroatoms. The van der Waals surface area contributed by atoms with E-state index in [9.17, 15) is 9.59 Å². The number of hydrogen-bond acceptors (Lipinski definition) is 3. The number of carbonyl (C=O) groups is 2. The van der Waals surface area contributed by atoms with Crippen molar-refractivity contribution in [1.29, 1.82) is 0 Å². The van der Waals surface area contributed by atoms with Crippen molar-refractivity contribution < 1.29 is 19.1 Å². The zero-order valence-corrected chi connectivity index (χ0v) is 10.8. The van der Waals surface area contributed by atoms with E-state index in [4.69, 9.17) is 9.52 Å². The molecule has 1 amide bonds. The number of aliphatic carboxylic acids is 1. The summed E-state index contributed by atoms with van der Waals surface area (Å²) in [4.78, 5) is 22.6. The van der Waals surface area contributed by atoms with Crippen molar-refractivity contribution in [2.24, 2.45) is 5.92 Å². The fraction of sp³-hybridized carbons (Fsp3) is 0.429. The van der Waals surface area contributed by atoms with Gasteiger partial charge in [0.1, 0.15) is 5.76 Å². The summed E-state index contributed by atoms with van der Waals surface area (Å²) in [6.07, 6.45) is 3.96. The maximum atomic E-state index is 12.0. The molecule has 1 heterocycles. The molecule has 0 bridgehead atoms. The van der Waals surface area contributed by atoms with Crippen LogP contribution in [0.25, 0.3) is 0 Å². The minimum absolute atomic E-state index is 0.0521. The molecule has 0 unspecified atom stereocenters. The number of hydrogen-bond donors (Lipinski definition) is 2. The molecule has 0 radical (unpaired) electrons. The summed E-state index contributed by atoms with van der Waals surface area (Å²) in [5, 5.41) is 11.4. The van der Waals surface area contributed by atoms with Crippen LogP contribution in [0.5, 0.6) is 0 Å². The van der Waals surface area contributed by atoms with Crippen molar-refractivity contribution in [2.75, 3.05) is 5.32 Å². The van der Waals surface area contributed by atoms with Crippen LogP contribution in [0.3, 0.4) is 0 Å². The number of carboxylic acids is 1. The number of furan rings is 1. The Labute approximate surface area is 111 Å². The second-order valence-electron chi connectivity index (χ2n) is 4.81. The van der Waals surface area contributed by atoms with Crippen LogP contribution in [0.4, 0.5) is 5.88 Å². The Kier molecular flexibility index (Phi) is 4.04. The zero-order valence-electron chi connectivity index (χ0n) is 10.8. The fourth-order valence-electron chi connectivity index (χ4n) is 2.29. The van der Waals surface area contributed by atoms with Crippen molar-refractivity contribution >= 4 is 17.8 Å². The van der Waals surface area contributed by atoms with Gasteiger partial charge in [-0.3, -0.25) is 10.1 Å². The molecule has 0 aliphatic heterocycles. The van der Waals surface area contributed by atoms with Gasteiger partial charge in [-0.15, -0.1) is 0 Å². The van der Waals surface area contributed by atoms with E-state index in [0.29, 0.717) is 31.6 Å². The molecule has 1 aliphatic rings. The lowest BCUT2D eigenvalue weighted by molar-refractivity contribution is -0.131. The quantitative estimate of drug-likeness (QED) is 0.822. The molecule has 0 saturated heterocycles. The molecule has 102 valence electrons. The number of amides is 1. The smallest absolute Gasteiger partial charge is 0.328 e. The van der Waals surface area contributed by atoms with E-state index in [1.54, 1.807) is 12.1 Å². The Morgan fingerprint density at radius 1 is 1.37 bits per heavy atom. The summed E-state index contributed by atoms with van der Waals surface area (Å²) >= 11 is 0. The summed E-state index contributed by atoms with van der Waals surface area (Å²) in [5.74, 6) is 0.184. The van der Waals surface area contributed by atoms with Crippen molar-refractivity contribution in [3.05, 3.63) is 29.5 Å². The third-order valence-electron chi connectivity index (χ3n) is 3.31. The average Bonchev–Trinajstić information content (AvgIpc) is 2.75. The molecular formula is C14H17NO4. The molecule has 1 aromatic rings. The molecule has 1 aliphatic carbocycles. The van der Waals surface area contributed by atoms with Gasteiger partial charge in [-0.1, -0.05) is 5.57 Å². The Balaban J connectivity index is 1.87. The number of aryl methyl sites for hydroxylation is 1. The number of allylic oxidation sites excluding steroid dienone is 1. The molecular weight excluding hydrogens is 246 g/mol. The first kappa shape index (κ1) is 13.4. The molecule has 2 rings (SSSR count). The van der Waals surface area contributed by atoms with Gasteiger partial charge in [-0.05, 0) is 38.7 Å². The van der Waals surface area contributed by atoms with E-state index in [1.807, 2.05) is 6.92 Å². The van der Waals surface area contributed by atoms with Crippen LogP contribution in [0.1, 0.15) is 31.4 Å². The summed E-state index contributed by atoms with van der Waals surface area (Å²) < 4.78 is 5.30. The third kappa shape index (κ3) is 3.71. The highest BCUT2D eigenvalue weighted by Gasteiger charge is 2.24. The average molecular weight is 263 g/mol. The van der Waals surface area contributed by atoms with Gasteiger partial charge in [0.05, 0.1) is 0 Å². The maximum Gasteiger partial charge on any atom is 0.328 e. The molecule has 5 nitrogen and oxygen atoms in total. The minimum Gasteiger partial charge on any atom is -0.478 e. The lowest BCUT2D eigenvalue weighted by atomic mass is 9.85. The van der Waals surface area contributed by atoms with E-state index in [0.717, 1.165) is 11.3 Å². The number of rotatable bonds is 3. The van der Waals surface area contributed by atoms with Crippen LogP contribution in [-0.2, 0) is 9.59 Å². The highest BCUT2D eigenvalue weighted by Crippen LogP contribution is 2.29. The van der Waals surface area contributed by atoms with Gasteiger partial charge in [0.15, 0.2) is 5.88 Å². The number of nitrogens with one attached hydrogen (secondary N) is 1. The maximum absolute atomic E-state index is 12.0. The summed E-state index contributed by atoms with van der Waals surface area (Å²) in [6.45, 7) is 1.82. The lowest BCUT2D eigenvalue weighted by Crippen LogP contribution is -2.25. The molecule has 19 heavy (non-hydrogen) atoms. The summed E-state index contributed by atoms with van der Waals surface area (Å²) in [5.41, 5.74) is 0.908. The van der Waals surface area contributed by atoms with Crippen LogP contribution >= 0.6 is 0 Å². The van der Waals surface area contributed by atoms with Gasteiger partial charge in [-0.25, -0.2) is 4.79 Å². The highest BCUT2D eigenvalue weighted by molar-refractivity contribution is 5.91. The largest absolute Gasteiger partial charge is 0.478 e. The predicted octanol–water partition coefficient (Wildman–Crippen LogP) is 2.73. The van der Waals surface area contributed by atoms with Crippen LogP contribution < -0.4 is 5.32 Å². The predicted molar refractivity (Wildman–Crippen MR) is 69.8 cm³/mol. The van der Waals surface area contributed by atoms with Gasteiger partial charge in [0, 0.05) is 18.1 Å². The zero-order chi connectivity index (χ0) is 13.8. The van der Waals surface area contributed by atoms with Gasteiger partial charge in [0.2, 0.25) is 5.91 Å². The molecule has 1 aromatic heterocycles. The van der Waals surface area contributed by atoms with E-state index < -0.39 is 5.97 Å². The van der Waals surface area contributed by atoms with E-state index in [1.165, 1.54) is 6.08 Å². The monoisotopic (exact) mass is 263 g/mol. The van der Waals surface area contributed by atoms with Crippen LogP contribution in [0, 0.1) is 12.8 Å². The van der Waals surface area contributed by atoms with Gasteiger partial charge >= 0.3 is 5.97 Å². The highest BCUT2D eigenvalue weighted by atomic mass is 16.4. The molecule has 1 fully saturated rings. The Bertz CT molecular complexity index is 505. The van der Waals surface area contributed by atoms with Crippen LogP contribution in [-0.4, -0.2) is 17.0 Å². The van der Waals surface area contributed by atoms with Gasteiger partial charge in [-0.2, -0.15) is 0 Å². The summed E-state index contributed by atoms with van der Waals surface area (Å²) in [6, 6.07) is 3.52. The molecule has 0 atom stereocenters. The molecule has 0 spiro atoms. The first-order valence-electron chi connectivity index (χ1n) is 6.34. The number of anilines is 1. The summed E-state index contributed by atoms with van der Waals surface area (Å²) in [7, 11) is 0. The SMILES string of the molecule is Cc1ccc(NC(=O)C2CCC(=CC(=O)O)CC2)o1. The van der Waals surface area contributed by atoms with E-state index in [2.05, 4.69) is 5.32 Å². The second kappa shape index (κ2) is 5.73. The van der Waals surface area contributed by atoms with Crippen molar-refractivity contribution in [3.8, 4) is 0 Å². The third-order valence-corrected chi connectivity index (χ3v) is 3.31. The Morgan fingerprint density at radius 3 is 2.58 bits per heavy atom. The van der Waals surface area contributed by atoms with Crippen molar-refractivity contribution in [1.82, 2.24) is 0 Å². The Hall–Kier alpha value is -2.04. The normalized spacial score (nSPS) is 19.0.